The number of rotatable bonds is 2. The molecule has 0 saturated heterocycles. The van der Waals surface area contributed by atoms with Gasteiger partial charge in [0.05, 0.1) is 0 Å². The van der Waals surface area contributed by atoms with Crippen molar-refractivity contribution in [3.8, 4) is 0 Å². The first kappa shape index (κ1) is 11.5. The van der Waals surface area contributed by atoms with Crippen molar-refractivity contribution in [2.75, 3.05) is 12.3 Å². The average molecular weight is 218 g/mol. The van der Waals surface area contributed by atoms with E-state index in [1.165, 1.54) is 42.4 Å². The van der Waals surface area contributed by atoms with Gasteiger partial charge in [-0.05, 0) is 43.4 Å². The summed E-state index contributed by atoms with van der Waals surface area (Å²) in [7, 11) is 0. The molecule has 0 bridgehead atoms. The smallest absolute Gasteiger partial charge is 0.0373 e. The molecule has 0 aliphatic heterocycles. The van der Waals surface area contributed by atoms with E-state index >= 15 is 0 Å². The van der Waals surface area contributed by atoms with Crippen molar-refractivity contribution in [3.63, 3.8) is 0 Å². The molecule has 1 saturated carbocycles. The van der Waals surface area contributed by atoms with Crippen LogP contribution in [0.2, 0.25) is 0 Å². The topological polar surface area (TPSA) is 52.0 Å². The van der Waals surface area contributed by atoms with Gasteiger partial charge in [-0.2, -0.15) is 0 Å². The fourth-order valence-electron chi connectivity index (χ4n) is 2.94. The van der Waals surface area contributed by atoms with Crippen LogP contribution >= 0.6 is 0 Å². The Bertz CT molecular complexity index is 367. The Kier molecular flexibility index (Phi) is 2.94. The highest BCUT2D eigenvalue weighted by Gasteiger charge is 2.34. The minimum Gasteiger partial charge on any atom is -0.398 e. The van der Waals surface area contributed by atoms with Gasteiger partial charge in [-0.1, -0.05) is 25.0 Å². The van der Waals surface area contributed by atoms with E-state index in [2.05, 4.69) is 26.0 Å². The van der Waals surface area contributed by atoms with Crippen LogP contribution in [0.4, 0.5) is 5.69 Å². The SMILES string of the molecule is Cc1cc(C2(CN)CCCC2)cc(C)c1N. The third-order valence-electron chi connectivity index (χ3n) is 4.16. The third kappa shape index (κ3) is 1.71. The molecule has 0 aromatic heterocycles. The fourth-order valence-corrected chi connectivity index (χ4v) is 2.94. The standard InChI is InChI=1S/C14H22N2/c1-10-7-12(8-11(2)13(10)16)14(9-15)5-3-4-6-14/h7-8H,3-6,9,15-16H2,1-2H3. The first-order valence-corrected chi connectivity index (χ1v) is 6.16. The Morgan fingerprint density at radius 2 is 1.62 bits per heavy atom. The first-order valence-electron chi connectivity index (χ1n) is 6.16. The summed E-state index contributed by atoms with van der Waals surface area (Å²) in [6, 6.07) is 4.47. The molecule has 0 radical (unpaired) electrons. The van der Waals surface area contributed by atoms with Gasteiger partial charge in [0.1, 0.15) is 0 Å². The second-order valence-electron chi connectivity index (χ2n) is 5.22. The van der Waals surface area contributed by atoms with Gasteiger partial charge in [0.2, 0.25) is 0 Å². The van der Waals surface area contributed by atoms with Crippen LogP contribution in [-0.2, 0) is 5.41 Å². The number of anilines is 1. The van der Waals surface area contributed by atoms with Gasteiger partial charge in [0, 0.05) is 17.6 Å². The highest BCUT2D eigenvalue weighted by Crippen LogP contribution is 2.41. The Balaban J connectivity index is 2.47. The van der Waals surface area contributed by atoms with E-state index in [4.69, 9.17) is 11.5 Å². The minimum atomic E-state index is 0.225. The van der Waals surface area contributed by atoms with Crippen molar-refractivity contribution >= 4 is 5.69 Å². The second kappa shape index (κ2) is 4.10. The maximum absolute atomic E-state index is 6.01. The van der Waals surface area contributed by atoms with E-state index in [-0.39, 0.29) is 5.41 Å². The van der Waals surface area contributed by atoms with Crippen LogP contribution in [0.3, 0.4) is 0 Å². The van der Waals surface area contributed by atoms with Crippen molar-refractivity contribution in [3.05, 3.63) is 28.8 Å². The van der Waals surface area contributed by atoms with Crippen molar-refractivity contribution in [1.82, 2.24) is 0 Å². The maximum atomic E-state index is 6.01. The van der Waals surface area contributed by atoms with Crippen molar-refractivity contribution in [1.29, 1.82) is 0 Å². The summed E-state index contributed by atoms with van der Waals surface area (Å²) in [6.07, 6.45) is 5.07. The van der Waals surface area contributed by atoms with E-state index in [9.17, 15) is 0 Å². The van der Waals surface area contributed by atoms with Gasteiger partial charge in [0.15, 0.2) is 0 Å². The Morgan fingerprint density at radius 1 is 1.12 bits per heavy atom. The van der Waals surface area contributed by atoms with Gasteiger partial charge in [-0.15, -0.1) is 0 Å². The number of nitrogens with two attached hydrogens (primary N) is 2. The molecule has 4 N–H and O–H groups in total. The average Bonchev–Trinajstić information content (AvgIpc) is 2.75. The zero-order valence-corrected chi connectivity index (χ0v) is 10.3. The normalized spacial score (nSPS) is 18.9. The molecule has 1 aliphatic carbocycles. The molecule has 1 aliphatic rings. The minimum absolute atomic E-state index is 0.225. The van der Waals surface area contributed by atoms with Gasteiger partial charge >= 0.3 is 0 Å². The van der Waals surface area contributed by atoms with E-state index in [0.29, 0.717) is 0 Å². The lowest BCUT2D eigenvalue weighted by atomic mass is 9.77. The molecule has 1 aromatic rings. The number of benzene rings is 1. The van der Waals surface area contributed by atoms with E-state index in [0.717, 1.165) is 12.2 Å². The van der Waals surface area contributed by atoms with Crippen molar-refractivity contribution in [2.24, 2.45) is 5.73 Å². The number of hydrogen-bond acceptors (Lipinski definition) is 2. The second-order valence-corrected chi connectivity index (χ2v) is 5.22. The molecule has 16 heavy (non-hydrogen) atoms. The summed E-state index contributed by atoms with van der Waals surface area (Å²) in [6.45, 7) is 4.94. The first-order chi connectivity index (χ1) is 7.59. The van der Waals surface area contributed by atoms with Crippen LogP contribution in [0.1, 0.15) is 42.4 Å². The van der Waals surface area contributed by atoms with E-state index in [1.54, 1.807) is 0 Å². The monoisotopic (exact) mass is 218 g/mol. The molecule has 2 nitrogen and oxygen atoms in total. The molecule has 0 spiro atoms. The van der Waals surface area contributed by atoms with E-state index < -0.39 is 0 Å². The number of aryl methyl sites for hydroxylation is 2. The summed E-state index contributed by atoms with van der Waals surface area (Å²) in [5.41, 5.74) is 16.9. The third-order valence-corrected chi connectivity index (χ3v) is 4.16. The summed E-state index contributed by atoms with van der Waals surface area (Å²) in [4.78, 5) is 0. The molecular weight excluding hydrogens is 196 g/mol. The predicted octanol–water partition coefficient (Wildman–Crippen LogP) is 2.66. The summed E-state index contributed by atoms with van der Waals surface area (Å²) in [5.74, 6) is 0. The molecule has 2 heteroatoms. The summed E-state index contributed by atoms with van der Waals surface area (Å²) < 4.78 is 0. The quantitative estimate of drug-likeness (QED) is 0.750. The lowest BCUT2D eigenvalue weighted by molar-refractivity contribution is 0.452. The lowest BCUT2D eigenvalue weighted by Gasteiger charge is -2.29. The molecule has 88 valence electrons. The number of nitrogen functional groups attached to an aromatic ring is 1. The Labute approximate surface area is 98.0 Å². The highest BCUT2D eigenvalue weighted by molar-refractivity contribution is 5.55. The van der Waals surface area contributed by atoms with Crippen molar-refractivity contribution < 1.29 is 0 Å². The molecule has 0 heterocycles. The van der Waals surface area contributed by atoms with Gasteiger partial charge in [-0.25, -0.2) is 0 Å². The van der Waals surface area contributed by atoms with Crippen molar-refractivity contribution in [2.45, 2.75) is 44.9 Å². The van der Waals surface area contributed by atoms with Crippen LogP contribution in [0.5, 0.6) is 0 Å². The molecule has 0 atom stereocenters. The number of hydrogen-bond donors (Lipinski definition) is 2. The van der Waals surface area contributed by atoms with E-state index in [1.807, 2.05) is 0 Å². The summed E-state index contributed by atoms with van der Waals surface area (Å²) in [5, 5.41) is 0. The molecule has 0 unspecified atom stereocenters. The fraction of sp³-hybridized carbons (Fsp3) is 0.571. The molecule has 1 aromatic carbocycles. The van der Waals surface area contributed by atoms with Gasteiger partial charge in [0.25, 0.3) is 0 Å². The zero-order valence-electron chi connectivity index (χ0n) is 10.3. The van der Waals surface area contributed by atoms with Crippen LogP contribution in [0, 0.1) is 13.8 Å². The Morgan fingerprint density at radius 3 is 2.06 bits per heavy atom. The van der Waals surface area contributed by atoms with Gasteiger partial charge in [-0.3, -0.25) is 0 Å². The molecule has 0 amide bonds. The van der Waals surface area contributed by atoms with Crippen LogP contribution < -0.4 is 11.5 Å². The lowest BCUT2D eigenvalue weighted by Crippen LogP contribution is -2.32. The summed E-state index contributed by atoms with van der Waals surface area (Å²) >= 11 is 0. The van der Waals surface area contributed by atoms with Gasteiger partial charge < -0.3 is 11.5 Å². The molecular formula is C14H22N2. The molecule has 2 rings (SSSR count). The van der Waals surface area contributed by atoms with Crippen LogP contribution in [0.15, 0.2) is 12.1 Å². The highest BCUT2D eigenvalue weighted by atomic mass is 14.6. The Hall–Kier alpha value is -1.02. The van der Waals surface area contributed by atoms with Crippen LogP contribution in [0.25, 0.3) is 0 Å². The molecule has 1 fully saturated rings. The maximum Gasteiger partial charge on any atom is 0.0373 e. The zero-order chi connectivity index (χ0) is 11.8. The largest absolute Gasteiger partial charge is 0.398 e. The predicted molar refractivity (Wildman–Crippen MR) is 69.5 cm³/mol. The van der Waals surface area contributed by atoms with Crippen LogP contribution in [-0.4, -0.2) is 6.54 Å².